The number of nitrogens with zero attached hydrogens (tertiary/aromatic N) is 6. The Hall–Kier alpha value is -12.2. The van der Waals surface area contributed by atoms with E-state index in [4.69, 9.17) is 9.02 Å². The zero-order chi connectivity index (χ0) is 95.6. The Balaban J connectivity index is 0.000000286. The number of benzene rings is 10. The molecule has 690 valence electrons. The Morgan fingerprint density at radius 1 is 0.362 bits per heavy atom. The number of halogens is 3. The molecule has 0 saturated heterocycles. The summed E-state index contributed by atoms with van der Waals surface area (Å²) < 4.78 is 154. The molecule has 130 heavy (non-hydrogen) atoms. The normalized spacial score (nSPS) is 11.6. The van der Waals surface area contributed by atoms with Crippen molar-refractivity contribution in [2.75, 3.05) is 18.6 Å². The van der Waals surface area contributed by atoms with E-state index in [0.717, 1.165) is 68.6 Å². The predicted octanol–water partition coefficient (Wildman–Crippen LogP) is 22.5. The van der Waals surface area contributed by atoms with Gasteiger partial charge in [-0.15, -0.1) is 11.8 Å². The topological polar surface area (TPSA) is 361 Å². The Morgan fingerprint density at radius 2 is 0.746 bits per heavy atom. The summed E-state index contributed by atoms with van der Waals surface area (Å²) in [4.78, 5) is 75.1. The lowest BCUT2D eigenvalue weighted by Crippen LogP contribution is -2.25. The molecule has 0 aliphatic rings. The minimum Gasteiger partial charge on any atom is -0.479 e. The maximum atomic E-state index is 13.2. The monoisotopic (exact) mass is 1910 g/mol. The lowest BCUT2D eigenvalue weighted by molar-refractivity contribution is -0.0541. The standard InChI is InChI=1S/C26H27NO4S2.C21H22F3NO4S2.C16H15NO4S2.C11H13NO3.C10H13NO3S.C10H11NO2/c1-2-3-4-11-20-33(29,30)31-27-25(21-12-7-5-8-13-21)26(28)22-16-18-24(19-17-22)32-23-14-9-6-10-15-23;1-2-3-4-8-11-19(25-29-31(27,28)21(22,23)24)20(26)16-12-14-18(15-13-16)30-17-9-6-5-7-10-17;1-12(16(18)13-8-10-14(22-2)11-9-13)17-21-23(19,20)15-6-4-3-5-7-15;1-3-14-9(2)12-15-11(13)10-7-5-4-6-8-10;1-8(2)11-14-15(12,13)10-6-4-9(3)5-7-10;1-8(2)11-13-10(12)9-6-4-3-5-7-9/h5-10,12-19H,2-4,11,20H2,1H3;5-7,9-10,12-15H,2-4,8,11H2,1H3;3-11H,1-2H3;4-8H,3H2,1-2H3;4-7H,1-3H3;3-7H,1-2H3/b27-25+;25-19+;17-12+;12-9-;;. The summed E-state index contributed by atoms with van der Waals surface area (Å²) in [6.45, 7) is 18.1. The number of rotatable bonds is 37. The van der Waals surface area contributed by atoms with Crippen molar-refractivity contribution in [2.24, 2.45) is 30.9 Å². The molecule has 0 aliphatic heterocycles. The minimum absolute atomic E-state index is 0.00667. The largest absolute Gasteiger partial charge is 0.536 e. The van der Waals surface area contributed by atoms with Gasteiger partial charge in [-0.2, -0.15) is 46.8 Å². The highest BCUT2D eigenvalue weighted by atomic mass is 32.2. The maximum absolute atomic E-state index is 13.2. The van der Waals surface area contributed by atoms with Crippen molar-refractivity contribution in [1.29, 1.82) is 0 Å². The molecule has 0 heterocycles. The van der Waals surface area contributed by atoms with Crippen LogP contribution in [0.4, 0.5) is 13.2 Å². The number of oxime groups is 6. The highest BCUT2D eigenvalue weighted by Crippen LogP contribution is 2.31. The van der Waals surface area contributed by atoms with Crippen LogP contribution >= 0.6 is 35.3 Å². The average Bonchev–Trinajstić information content (AvgIpc) is 0.853. The minimum atomic E-state index is -5.93. The van der Waals surface area contributed by atoms with Gasteiger partial charge in [-0.3, -0.25) is 31.5 Å². The van der Waals surface area contributed by atoms with E-state index in [2.05, 4.69) is 60.4 Å². The number of carbonyl (C=O) groups excluding carboxylic acids is 5. The molecule has 0 atom stereocenters. The van der Waals surface area contributed by atoms with Crippen LogP contribution in [0.15, 0.2) is 344 Å². The molecule has 0 spiro atoms. The summed E-state index contributed by atoms with van der Waals surface area (Å²) in [7, 11) is -17.6. The second-order valence-electron chi connectivity index (χ2n) is 27.6. The molecule has 10 rings (SSSR count). The van der Waals surface area contributed by atoms with E-state index in [1.54, 1.807) is 198 Å². The van der Waals surface area contributed by atoms with Gasteiger partial charge in [-0.05, 0) is 225 Å². The molecule has 10 aromatic rings. The second-order valence-corrected chi connectivity index (χ2v) is 37.0. The van der Waals surface area contributed by atoms with E-state index in [1.165, 1.54) is 55.1 Å². The third-order valence-corrected chi connectivity index (χ3v) is 23.5. The zero-order valence-corrected chi connectivity index (χ0v) is 78.9. The highest BCUT2D eigenvalue weighted by molar-refractivity contribution is 7.99. The molecule has 0 amide bonds. The Bertz CT molecular complexity index is 5890. The van der Waals surface area contributed by atoms with Crippen molar-refractivity contribution in [3.63, 3.8) is 0 Å². The number of carbonyl (C=O) groups is 5. The number of ether oxygens (including phenoxy) is 1. The first kappa shape index (κ1) is 108. The fourth-order valence-electron chi connectivity index (χ4n) is 9.94. The van der Waals surface area contributed by atoms with Crippen molar-refractivity contribution >= 4 is 140 Å². The van der Waals surface area contributed by atoms with Gasteiger partial charge in [0, 0.05) is 53.7 Å². The number of thioether (sulfide) groups is 1. The fourth-order valence-corrected chi connectivity index (χ4v) is 14.7. The van der Waals surface area contributed by atoms with Gasteiger partial charge < -0.3 is 14.4 Å². The molecule has 0 aliphatic carbocycles. The first-order valence-corrected chi connectivity index (χ1v) is 48.9. The van der Waals surface area contributed by atoms with Crippen LogP contribution in [0.2, 0.25) is 0 Å². The number of hydrogen-bond acceptors (Lipinski definition) is 29. The second kappa shape index (κ2) is 57.0. The summed E-state index contributed by atoms with van der Waals surface area (Å²) in [5.41, 5.74) is -1.36. The van der Waals surface area contributed by atoms with Crippen LogP contribution < -0.4 is 0 Å². The molecule has 0 bridgehead atoms. The molecular formula is C94H101F3N6O20S7. The van der Waals surface area contributed by atoms with Gasteiger partial charge in [0.25, 0.3) is 0 Å². The van der Waals surface area contributed by atoms with E-state index in [0.29, 0.717) is 64.6 Å². The van der Waals surface area contributed by atoms with Crippen LogP contribution in [0, 0.1) is 6.92 Å². The summed E-state index contributed by atoms with van der Waals surface area (Å²) in [6.07, 6.45) is 8.20. The van der Waals surface area contributed by atoms with Crippen molar-refractivity contribution < 1.29 is 102 Å². The Labute approximate surface area is 770 Å². The molecule has 0 fully saturated rings. The van der Waals surface area contributed by atoms with E-state index in [-0.39, 0.29) is 50.4 Å². The van der Waals surface area contributed by atoms with Crippen molar-refractivity contribution in [3.05, 3.63) is 318 Å². The van der Waals surface area contributed by atoms with Crippen LogP contribution in [0.25, 0.3) is 0 Å². The van der Waals surface area contributed by atoms with Crippen LogP contribution in [0.1, 0.15) is 183 Å². The molecule has 26 nitrogen and oxygen atoms in total. The lowest BCUT2D eigenvalue weighted by Gasteiger charge is -2.09. The van der Waals surface area contributed by atoms with Crippen LogP contribution in [-0.2, 0) is 72.0 Å². The average molecular weight is 1920 g/mol. The third kappa shape index (κ3) is 41.1. The number of hydrogen-bond donors (Lipinski definition) is 0. The molecule has 0 N–H and O–H groups in total. The summed E-state index contributed by atoms with van der Waals surface area (Å²) in [5, 5.41) is 20.9. The van der Waals surface area contributed by atoms with Gasteiger partial charge in [0.2, 0.25) is 23.2 Å². The Morgan fingerprint density at radius 3 is 1.18 bits per heavy atom. The molecule has 10 aromatic carbocycles. The summed E-state index contributed by atoms with van der Waals surface area (Å²) in [5.74, 6) is -2.18. The number of ketones is 3. The van der Waals surface area contributed by atoms with E-state index >= 15 is 0 Å². The van der Waals surface area contributed by atoms with Crippen molar-refractivity contribution in [3.8, 4) is 0 Å². The summed E-state index contributed by atoms with van der Waals surface area (Å²) in [6, 6.07) is 80.2. The lowest BCUT2D eigenvalue weighted by atomic mass is 10.0. The molecular weight excluding hydrogens is 1810 g/mol. The molecule has 0 saturated carbocycles. The first-order chi connectivity index (χ1) is 61.9. The van der Waals surface area contributed by atoms with Crippen LogP contribution in [0.3, 0.4) is 0 Å². The van der Waals surface area contributed by atoms with Gasteiger partial charge in [-0.1, -0.05) is 241 Å². The first-order valence-electron chi connectivity index (χ1n) is 40.2. The summed E-state index contributed by atoms with van der Waals surface area (Å²) >= 11 is 4.64. The number of Topliss-reactive ketones (excluding diaryl/α,β-unsaturated/α-hetero) is 3. The maximum Gasteiger partial charge on any atom is 0.536 e. The zero-order valence-electron chi connectivity index (χ0n) is 73.2. The van der Waals surface area contributed by atoms with Crippen molar-refractivity contribution in [2.45, 2.75) is 167 Å². The van der Waals surface area contributed by atoms with Gasteiger partial charge in [0.05, 0.1) is 34.9 Å². The number of unbranched alkanes of at least 4 members (excludes halogenated alkanes) is 6. The predicted molar refractivity (Wildman–Crippen MR) is 503 cm³/mol. The molecule has 0 radical (unpaired) electrons. The highest BCUT2D eigenvalue weighted by Gasteiger charge is 2.49. The van der Waals surface area contributed by atoms with Crippen molar-refractivity contribution in [1.82, 2.24) is 0 Å². The van der Waals surface area contributed by atoms with Gasteiger partial charge in [-0.25, -0.2) is 9.59 Å². The number of alkyl halides is 3. The quantitative estimate of drug-likeness (QED) is 0.00510. The van der Waals surface area contributed by atoms with Gasteiger partial charge in [0.15, 0.2) is 5.71 Å². The molecule has 0 aromatic heterocycles. The van der Waals surface area contributed by atoms with Gasteiger partial charge in [0.1, 0.15) is 21.2 Å². The van der Waals surface area contributed by atoms with Crippen LogP contribution in [0.5, 0.6) is 0 Å². The Kier molecular flexibility index (Phi) is 47.5. The molecule has 0 unspecified atom stereocenters. The van der Waals surface area contributed by atoms with E-state index in [1.807, 2.05) is 130 Å². The number of aryl methyl sites for hydroxylation is 1. The smallest absolute Gasteiger partial charge is 0.479 e. The van der Waals surface area contributed by atoms with E-state index in [9.17, 15) is 70.8 Å². The fraction of sp³-hybridized carbons (Fsp3) is 0.245. The van der Waals surface area contributed by atoms with E-state index < -0.39 is 69.5 Å². The SMILES string of the molecule is CC(C)=NOC(=O)c1ccccc1.CC(C)=NOS(=O)(=O)c1ccc(C)cc1.CCCCCC/C(=N\OS(=O)(=O)C(F)(F)F)C(=O)c1ccc(Sc2ccccc2)cc1.CCCCCCS(=O)(=O)O/N=C(/C(=O)c1ccc(Sc2ccccc2)cc1)c1ccccc1.CCO/C(C)=N\OC(=O)c1ccccc1.CSc1ccc(C(=O)/C(C)=N/OS(=O)(=O)c2ccccc2)cc1. The molecule has 36 heteroatoms. The van der Waals surface area contributed by atoms with Crippen LogP contribution in [-0.4, -0.2) is 122 Å². The van der Waals surface area contributed by atoms with Gasteiger partial charge >= 0.3 is 57.9 Å². The third-order valence-electron chi connectivity index (χ3n) is 16.6.